The van der Waals surface area contributed by atoms with E-state index in [9.17, 15) is 9.50 Å². The molecule has 5 heteroatoms. The summed E-state index contributed by atoms with van der Waals surface area (Å²) in [6, 6.07) is 10.4. The summed E-state index contributed by atoms with van der Waals surface area (Å²) in [5.41, 5.74) is 1.73. The van der Waals surface area contributed by atoms with E-state index in [1.807, 2.05) is 19.1 Å². The lowest BCUT2D eigenvalue weighted by molar-refractivity contribution is 0.158. The van der Waals surface area contributed by atoms with Gasteiger partial charge in [-0.25, -0.2) is 9.37 Å². The molecule has 0 radical (unpaired) electrons. The number of pyridine rings is 1. The second-order valence-corrected chi connectivity index (χ2v) is 6.88. The minimum atomic E-state index is -0.585. The lowest BCUT2D eigenvalue weighted by Gasteiger charge is -2.28. The molecule has 1 aliphatic heterocycles. The number of rotatable bonds is 4. The first-order valence-corrected chi connectivity index (χ1v) is 8.67. The Balaban J connectivity index is 1.73. The van der Waals surface area contributed by atoms with Crippen LogP contribution < -0.4 is 4.90 Å². The Kier molecular flexibility index (Phi) is 4.97. The standard InChI is InChI=1S/C18H20BrFN2O/c1-12-16(19)8-9-18(21-12)22-10-2-3-15(22)11-17(23)13-4-6-14(20)7-5-13/h4-9,15,17,23H,2-3,10-11H2,1H3. The van der Waals surface area contributed by atoms with Crippen LogP contribution in [-0.4, -0.2) is 22.7 Å². The number of nitrogens with zero attached hydrogens (tertiary/aromatic N) is 2. The summed E-state index contributed by atoms with van der Waals surface area (Å²) in [6.45, 7) is 2.93. The van der Waals surface area contributed by atoms with E-state index in [2.05, 4.69) is 25.8 Å². The van der Waals surface area contributed by atoms with Crippen molar-refractivity contribution in [2.24, 2.45) is 0 Å². The highest BCUT2D eigenvalue weighted by Crippen LogP contribution is 2.31. The number of aryl methyl sites for hydroxylation is 1. The fourth-order valence-electron chi connectivity index (χ4n) is 3.15. The zero-order valence-electron chi connectivity index (χ0n) is 13.0. The molecule has 0 aliphatic carbocycles. The number of hydrogen-bond acceptors (Lipinski definition) is 3. The Morgan fingerprint density at radius 3 is 2.74 bits per heavy atom. The van der Waals surface area contributed by atoms with Gasteiger partial charge in [-0.1, -0.05) is 12.1 Å². The molecule has 2 aromatic rings. The van der Waals surface area contributed by atoms with Crippen LogP contribution in [0.3, 0.4) is 0 Å². The molecule has 1 aromatic carbocycles. The molecule has 23 heavy (non-hydrogen) atoms. The summed E-state index contributed by atoms with van der Waals surface area (Å²) in [4.78, 5) is 6.91. The van der Waals surface area contributed by atoms with Crippen LogP contribution >= 0.6 is 15.9 Å². The zero-order valence-corrected chi connectivity index (χ0v) is 14.6. The van der Waals surface area contributed by atoms with Gasteiger partial charge in [-0.3, -0.25) is 0 Å². The van der Waals surface area contributed by atoms with Gasteiger partial charge >= 0.3 is 0 Å². The van der Waals surface area contributed by atoms with Gasteiger partial charge in [-0.05, 0) is 71.9 Å². The van der Waals surface area contributed by atoms with Gasteiger partial charge in [0.25, 0.3) is 0 Å². The van der Waals surface area contributed by atoms with Crippen molar-refractivity contribution in [1.29, 1.82) is 0 Å². The van der Waals surface area contributed by atoms with Crippen LogP contribution in [0, 0.1) is 12.7 Å². The van der Waals surface area contributed by atoms with E-state index < -0.39 is 6.10 Å². The van der Waals surface area contributed by atoms with Gasteiger partial charge in [0.1, 0.15) is 11.6 Å². The van der Waals surface area contributed by atoms with Crippen LogP contribution in [0.1, 0.15) is 36.6 Å². The monoisotopic (exact) mass is 378 g/mol. The van der Waals surface area contributed by atoms with E-state index in [1.165, 1.54) is 12.1 Å². The van der Waals surface area contributed by atoms with Crippen LogP contribution in [0.15, 0.2) is 40.9 Å². The molecule has 0 amide bonds. The fourth-order valence-corrected chi connectivity index (χ4v) is 3.37. The molecule has 1 fully saturated rings. The molecule has 2 unspecified atom stereocenters. The Morgan fingerprint density at radius 1 is 1.30 bits per heavy atom. The summed E-state index contributed by atoms with van der Waals surface area (Å²) >= 11 is 3.48. The van der Waals surface area contributed by atoms with Crippen molar-refractivity contribution in [3.05, 3.63) is 57.9 Å². The SMILES string of the molecule is Cc1nc(N2CCCC2CC(O)c2ccc(F)cc2)ccc1Br. The molecular weight excluding hydrogens is 359 g/mol. The number of halogens is 2. The molecule has 1 aliphatic rings. The number of anilines is 1. The highest BCUT2D eigenvalue weighted by Gasteiger charge is 2.28. The Hall–Kier alpha value is -1.46. The second-order valence-electron chi connectivity index (χ2n) is 6.03. The van der Waals surface area contributed by atoms with Crippen molar-refractivity contribution in [2.45, 2.75) is 38.3 Å². The molecule has 2 heterocycles. The normalized spacial score (nSPS) is 19.1. The highest BCUT2D eigenvalue weighted by atomic mass is 79.9. The molecule has 0 spiro atoms. The van der Waals surface area contributed by atoms with Crippen molar-refractivity contribution in [1.82, 2.24) is 4.98 Å². The van der Waals surface area contributed by atoms with E-state index in [1.54, 1.807) is 12.1 Å². The third-order valence-electron chi connectivity index (χ3n) is 4.43. The third kappa shape index (κ3) is 3.72. The summed E-state index contributed by atoms with van der Waals surface area (Å²) in [5, 5.41) is 10.5. The first-order valence-electron chi connectivity index (χ1n) is 7.88. The minimum absolute atomic E-state index is 0.253. The smallest absolute Gasteiger partial charge is 0.129 e. The number of hydrogen-bond donors (Lipinski definition) is 1. The van der Waals surface area contributed by atoms with E-state index in [-0.39, 0.29) is 11.9 Å². The largest absolute Gasteiger partial charge is 0.388 e. The fraction of sp³-hybridized carbons (Fsp3) is 0.389. The molecule has 2 atom stereocenters. The predicted octanol–water partition coefficient (Wildman–Crippen LogP) is 4.38. The molecular formula is C18H20BrFN2O. The first-order chi connectivity index (χ1) is 11.0. The molecule has 0 bridgehead atoms. The summed E-state index contributed by atoms with van der Waals surface area (Å²) in [7, 11) is 0. The number of aliphatic hydroxyl groups is 1. The average Bonchev–Trinajstić information content (AvgIpc) is 2.99. The zero-order chi connectivity index (χ0) is 16.4. The van der Waals surface area contributed by atoms with Gasteiger partial charge in [0.2, 0.25) is 0 Å². The van der Waals surface area contributed by atoms with Crippen molar-refractivity contribution in [3.8, 4) is 0 Å². The van der Waals surface area contributed by atoms with Gasteiger partial charge < -0.3 is 10.0 Å². The van der Waals surface area contributed by atoms with Gasteiger partial charge in [0.15, 0.2) is 0 Å². The van der Waals surface area contributed by atoms with Crippen LogP contribution in [-0.2, 0) is 0 Å². The number of aliphatic hydroxyl groups excluding tert-OH is 1. The van der Waals surface area contributed by atoms with Gasteiger partial charge in [-0.15, -0.1) is 0 Å². The maximum atomic E-state index is 13.0. The highest BCUT2D eigenvalue weighted by molar-refractivity contribution is 9.10. The quantitative estimate of drug-likeness (QED) is 0.857. The molecule has 122 valence electrons. The third-order valence-corrected chi connectivity index (χ3v) is 5.27. The topological polar surface area (TPSA) is 36.4 Å². The van der Waals surface area contributed by atoms with Crippen LogP contribution in [0.25, 0.3) is 0 Å². The van der Waals surface area contributed by atoms with E-state index in [4.69, 9.17) is 0 Å². The number of aromatic nitrogens is 1. The van der Waals surface area contributed by atoms with Crippen LogP contribution in [0.4, 0.5) is 10.2 Å². The van der Waals surface area contributed by atoms with Crippen molar-refractivity contribution < 1.29 is 9.50 Å². The molecule has 1 aromatic heterocycles. The van der Waals surface area contributed by atoms with E-state index in [0.717, 1.165) is 40.9 Å². The van der Waals surface area contributed by atoms with E-state index >= 15 is 0 Å². The first kappa shape index (κ1) is 16.4. The lowest BCUT2D eigenvalue weighted by Crippen LogP contribution is -2.31. The number of benzene rings is 1. The van der Waals surface area contributed by atoms with Gasteiger partial charge in [-0.2, -0.15) is 0 Å². The van der Waals surface area contributed by atoms with Gasteiger partial charge in [0.05, 0.1) is 11.8 Å². The Labute approximate surface area is 144 Å². The summed E-state index contributed by atoms with van der Waals surface area (Å²) < 4.78 is 14.0. The molecule has 3 rings (SSSR count). The van der Waals surface area contributed by atoms with Crippen LogP contribution in [0.5, 0.6) is 0 Å². The maximum Gasteiger partial charge on any atom is 0.129 e. The summed E-state index contributed by atoms with van der Waals surface area (Å²) in [5.74, 6) is 0.678. The molecule has 1 saturated heterocycles. The lowest BCUT2D eigenvalue weighted by atomic mass is 10.0. The van der Waals surface area contributed by atoms with Gasteiger partial charge in [0, 0.05) is 17.1 Å². The van der Waals surface area contributed by atoms with Crippen molar-refractivity contribution in [2.75, 3.05) is 11.4 Å². The van der Waals surface area contributed by atoms with Crippen LogP contribution in [0.2, 0.25) is 0 Å². The van der Waals surface area contributed by atoms with E-state index in [0.29, 0.717) is 6.42 Å². The van der Waals surface area contributed by atoms with Crippen molar-refractivity contribution in [3.63, 3.8) is 0 Å². The average molecular weight is 379 g/mol. The minimum Gasteiger partial charge on any atom is -0.388 e. The summed E-state index contributed by atoms with van der Waals surface area (Å²) in [6.07, 6.45) is 2.17. The Bertz CT molecular complexity index is 677. The predicted molar refractivity (Wildman–Crippen MR) is 93.0 cm³/mol. The molecule has 3 nitrogen and oxygen atoms in total. The molecule has 1 N–H and O–H groups in total. The maximum absolute atomic E-state index is 13.0. The second kappa shape index (κ2) is 6.97. The van der Waals surface area contributed by atoms with Crippen molar-refractivity contribution >= 4 is 21.7 Å². The Morgan fingerprint density at radius 2 is 2.04 bits per heavy atom. The molecule has 0 saturated carbocycles.